The smallest absolute Gasteiger partial charge is 0.363 e. The number of hydrogen-bond acceptors (Lipinski definition) is 4. The van der Waals surface area contributed by atoms with Crippen molar-refractivity contribution in [3.05, 3.63) is 22.0 Å². The highest BCUT2D eigenvalue weighted by Gasteiger charge is 2.24. The van der Waals surface area contributed by atoms with E-state index in [1.807, 2.05) is 13.8 Å². The van der Waals surface area contributed by atoms with E-state index in [0.717, 1.165) is 12.6 Å². The van der Waals surface area contributed by atoms with Crippen molar-refractivity contribution >= 4 is 11.7 Å². The minimum atomic E-state index is -1.38. The molecule has 7 heteroatoms. The second-order valence-corrected chi connectivity index (χ2v) is 3.87. The largest absolute Gasteiger partial charge is 0.476 e. The van der Waals surface area contributed by atoms with Gasteiger partial charge in [0.15, 0.2) is 0 Å². The molecule has 0 radical (unpaired) electrons. The maximum Gasteiger partial charge on any atom is 0.363 e. The molecule has 0 aliphatic rings. The van der Waals surface area contributed by atoms with Crippen molar-refractivity contribution in [3.63, 3.8) is 0 Å². The molecular formula is C9H13N3O4. The molecule has 0 saturated heterocycles. The summed E-state index contributed by atoms with van der Waals surface area (Å²) in [6.45, 7) is 4.50. The monoisotopic (exact) mass is 227 g/mol. The maximum atomic E-state index is 10.7. The Kier molecular flexibility index (Phi) is 3.60. The van der Waals surface area contributed by atoms with Gasteiger partial charge in [-0.05, 0) is 12.3 Å². The fourth-order valence-electron chi connectivity index (χ4n) is 1.20. The van der Waals surface area contributed by atoms with Crippen LogP contribution in [-0.4, -0.2) is 25.8 Å². The van der Waals surface area contributed by atoms with Gasteiger partial charge in [0.1, 0.15) is 6.20 Å². The first-order chi connectivity index (χ1) is 7.41. The molecule has 0 aliphatic carbocycles. The normalized spacial score (nSPS) is 10.7. The summed E-state index contributed by atoms with van der Waals surface area (Å²) in [5.41, 5.74) is -0.968. The second-order valence-electron chi connectivity index (χ2n) is 3.87. The fraction of sp³-hybridized carbons (Fsp3) is 0.556. The Balaban J connectivity index is 2.93. The minimum absolute atomic E-state index is 0.427. The van der Waals surface area contributed by atoms with Crippen molar-refractivity contribution in [2.24, 2.45) is 5.92 Å². The lowest BCUT2D eigenvalue weighted by Crippen LogP contribution is -2.05. The first-order valence-corrected chi connectivity index (χ1v) is 4.87. The summed E-state index contributed by atoms with van der Waals surface area (Å²) in [7, 11) is 0. The molecule has 1 rings (SSSR count). The lowest BCUT2D eigenvalue weighted by Gasteiger charge is -2.02. The molecule has 16 heavy (non-hydrogen) atoms. The Morgan fingerprint density at radius 1 is 1.69 bits per heavy atom. The van der Waals surface area contributed by atoms with Crippen LogP contribution in [0.5, 0.6) is 0 Å². The van der Waals surface area contributed by atoms with Gasteiger partial charge in [-0.25, -0.2) is 4.79 Å². The molecule has 88 valence electrons. The van der Waals surface area contributed by atoms with Gasteiger partial charge in [-0.15, -0.1) is 0 Å². The van der Waals surface area contributed by atoms with Crippen LogP contribution in [0.3, 0.4) is 0 Å². The van der Waals surface area contributed by atoms with Crippen LogP contribution in [0.25, 0.3) is 0 Å². The highest BCUT2D eigenvalue weighted by atomic mass is 16.6. The zero-order chi connectivity index (χ0) is 12.3. The molecule has 0 aromatic carbocycles. The molecular weight excluding hydrogens is 214 g/mol. The highest BCUT2D eigenvalue weighted by molar-refractivity contribution is 5.89. The summed E-state index contributed by atoms with van der Waals surface area (Å²) in [4.78, 5) is 20.5. The molecule has 0 aliphatic heterocycles. The van der Waals surface area contributed by atoms with Crippen LogP contribution in [0.1, 0.15) is 30.8 Å². The van der Waals surface area contributed by atoms with Gasteiger partial charge in [0.05, 0.1) is 4.92 Å². The average molecular weight is 227 g/mol. The quantitative estimate of drug-likeness (QED) is 0.607. The minimum Gasteiger partial charge on any atom is -0.476 e. The third kappa shape index (κ3) is 2.78. The van der Waals surface area contributed by atoms with Crippen LogP contribution < -0.4 is 0 Å². The first-order valence-electron chi connectivity index (χ1n) is 4.87. The number of nitro groups is 1. The van der Waals surface area contributed by atoms with Crippen molar-refractivity contribution in [2.45, 2.75) is 26.8 Å². The Labute approximate surface area is 91.8 Å². The summed E-state index contributed by atoms with van der Waals surface area (Å²) >= 11 is 0. The summed E-state index contributed by atoms with van der Waals surface area (Å²) in [6, 6.07) is 0. The number of aromatic nitrogens is 2. The molecule has 1 heterocycles. The van der Waals surface area contributed by atoms with E-state index in [-0.39, 0.29) is 0 Å². The number of carboxylic acid groups (broad SMARTS) is 1. The van der Waals surface area contributed by atoms with Crippen LogP contribution >= 0.6 is 0 Å². The predicted molar refractivity (Wildman–Crippen MR) is 55.3 cm³/mol. The topological polar surface area (TPSA) is 98.3 Å². The molecule has 1 N–H and O–H groups in total. The predicted octanol–water partition coefficient (Wildman–Crippen LogP) is 1.54. The highest BCUT2D eigenvalue weighted by Crippen LogP contribution is 2.17. The number of carbonyl (C=O) groups is 1. The van der Waals surface area contributed by atoms with Crippen molar-refractivity contribution in [3.8, 4) is 0 Å². The molecule has 1 aromatic heterocycles. The van der Waals surface area contributed by atoms with Crippen molar-refractivity contribution in [1.29, 1.82) is 0 Å². The number of nitrogens with zero attached hydrogens (tertiary/aromatic N) is 3. The van der Waals surface area contributed by atoms with E-state index >= 15 is 0 Å². The molecule has 7 nitrogen and oxygen atoms in total. The van der Waals surface area contributed by atoms with Gasteiger partial charge in [-0.1, -0.05) is 13.8 Å². The second kappa shape index (κ2) is 4.73. The van der Waals surface area contributed by atoms with Gasteiger partial charge in [-0.2, -0.15) is 5.10 Å². The van der Waals surface area contributed by atoms with E-state index in [4.69, 9.17) is 5.11 Å². The van der Waals surface area contributed by atoms with E-state index in [1.54, 1.807) is 0 Å². The van der Waals surface area contributed by atoms with Gasteiger partial charge < -0.3 is 5.11 Å². The van der Waals surface area contributed by atoms with Crippen LogP contribution in [0.15, 0.2) is 6.20 Å². The standard InChI is InChI=1S/C9H13N3O4/c1-6(2)3-4-11-5-7(12(15)16)8(10-11)9(13)14/h5-6H,3-4H2,1-2H3,(H,13,14). The van der Waals surface area contributed by atoms with E-state index in [0.29, 0.717) is 12.5 Å². The Morgan fingerprint density at radius 3 is 2.69 bits per heavy atom. The molecule has 0 atom stereocenters. The van der Waals surface area contributed by atoms with E-state index < -0.39 is 22.3 Å². The van der Waals surface area contributed by atoms with Crippen molar-refractivity contribution in [2.75, 3.05) is 0 Å². The maximum absolute atomic E-state index is 10.7. The molecule has 0 amide bonds. The third-order valence-electron chi connectivity index (χ3n) is 2.08. The zero-order valence-electron chi connectivity index (χ0n) is 9.08. The van der Waals surface area contributed by atoms with Crippen LogP contribution in [0.4, 0.5) is 5.69 Å². The van der Waals surface area contributed by atoms with Gasteiger partial charge >= 0.3 is 11.7 Å². The third-order valence-corrected chi connectivity index (χ3v) is 2.08. The van der Waals surface area contributed by atoms with Crippen molar-refractivity contribution in [1.82, 2.24) is 9.78 Å². The Morgan fingerprint density at radius 2 is 2.31 bits per heavy atom. The van der Waals surface area contributed by atoms with Crippen LogP contribution in [0, 0.1) is 16.0 Å². The molecule has 0 saturated carbocycles. The van der Waals surface area contributed by atoms with Crippen LogP contribution in [0.2, 0.25) is 0 Å². The van der Waals surface area contributed by atoms with Gasteiger partial charge in [0, 0.05) is 6.54 Å². The Hall–Kier alpha value is -1.92. The zero-order valence-corrected chi connectivity index (χ0v) is 9.08. The summed E-state index contributed by atoms with van der Waals surface area (Å²) < 4.78 is 1.31. The van der Waals surface area contributed by atoms with Gasteiger partial charge in [0.25, 0.3) is 0 Å². The summed E-state index contributed by atoms with van der Waals surface area (Å²) in [6.07, 6.45) is 1.95. The summed E-state index contributed by atoms with van der Waals surface area (Å²) in [5, 5.41) is 23.0. The Bertz CT molecular complexity index is 379. The lowest BCUT2D eigenvalue weighted by atomic mass is 10.1. The number of hydrogen-bond donors (Lipinski definition) is 1. The van der Waals surface area contributed by atoms with E-state index in [2.05, 4.69) is 5.10 Å². The van der Waals surface area contributed by atoms with Crippen molar-refractivity contribution < 1.29 is 14.8 Å². The fourth-order valence-corrected chi connectivity index (χ4v) is 1.20. The molecule has 1 aromatic rings. The number of aryl methyl sites for hydroxylation is 1. The average Bonchev–Trinajstić information content (AvgIpc) is 2.58. The lowest BCUT2D eigenvalue weighted by molar-refractivity contribution is -0.385. The van der Waals surface area contributed by atoms with E-state index in [9.17, 15) is 14.9 Å². The number of carboxylic acids is 1. The van der Waals surface area contributed by atoms with Gasteiger partial charge in [0.2, 0.25) is 5.69 Å². The molecule has 0 spiro atoms. The van der Waals surface area contributed by atoms with Gasteiger partial charge in [-0.3, -0.25) is 14.8 Å². The molecule has 0 unspecified atom stereocenters. The summed E-state index contributed by atoms with van der Waals surface area (Å²) in [5.74, 6) is -0.952. The van der Waals surface area contributed by atoms with E-state index in [1.165, 1.54) is 4.68 Å². The SMILES string of the molecule is CC(C)CCn1cc([N+](=O)[O-])c(C(=O)O)n1. The molecule has 0 fully saturated rings. The van der Waals surface area contributed by atoms with Crippen LogP contribution in [-0.2, 0) is 6.54 Å². The first kappa shape index (κ1) is 12.2. The number of aromatic carboxylic acids is 1. The molecule has 0 bridgehead atoms. The number of rotatable bonds is 5.